The number of nitrogens with one attached hydrogen (secondary N) is 1. The van der Waals surface area contributed by atoms with Gasteiger partial charge in [-0.1, -0.05) is 126 Å². The Bertz CT molecular complexity index is 2470. The van der Waals surface area contributed by atoms with Crippen molar-refractivity contribution in [3.05, 3.63) is 235 Å². The molecule has 0 amide bonds. The number of H-pyrrole nitrogens is 1. The number of fused-ring (bicyclic) bond motifs is 6. The maximum Gasteiger partial charge on any atom is 0.0737 e. The predicted octanol–water partition coefficient (Wildman–Crippen LogP) is 9.97. The minimum atomic E-state index is 0.679. The zero-order chi connectivity index (χ0) is 34.3. The third-order valence-corrected chi connectivity index (χ3v) is 9.86. The third kappa shape index (κ3) is 5.87. The normalized spacial score (nSPS) is 15.1. The van der Waals surface area contributed by atoms with Crippen molar-refractivity contribution < 1.29 is 0 Å². The van der Waals surface area contributed by atoms with E-state index in [9.17, 15) is 0 Å². The first-order valence-corrected chi connectivity index (χ1v) is 17.5. The van der Waals surface area contributed by atoms with Crippen LogP contribution >= 0.6 is 23.2 Å². The van der Waals surface area contributed by atoms with Gasteiger partial charge < -0.3 is 4.98 Å². The van der Waals surface area contributed by atoms with E-state index < -0.39 is 0 Å². The molecule has 0 radical (unpaired) electrons. The number of nitrogens with zero attached hydrogens (tertiary/aromatic N) is 2. The Morgan fingerprint density at radius 1 is 0.353 bits per heavy atom. The molecule has 4 heterocycles. The van der Waals surface area contributed by atoms with E-state index in [2.05, 4.69) is 114 Å². The van der Waals surface area contributed by atoms with Crippen molar-refractivity contribution in [2.75, 3.05) is 0 Å². The summed E-state index contributed by atoms with van der Waals surface area (Å²) in [6.07, 6.45) is 8.47. The van der Waals surface area contributed by atoms with Crippen molar-refractivity contribution in [3.63, 3.8) is 0 Å². The molecule has 0 spiro atoms. The van der Waals surface area contributed by atoms with Crippen molar-refractivity contribution in [3.8, 4) is 0 Å². The molecule has 0 fully saturated rings. The second-order valence-corrected chi connectivity index (χ2v) is 13.4. The average Bonchev–Trinajstić information content (AvgIpc) is 3.95. The van der Waals surface area contributed by atoms with E-state index in [4.69, 9.17) is 33.2 Å². The molecule has 0 saturated heterocycles. The summed E-state index contributed by atoms with van der Waals surface area (Å²) >= 11 is 12.8. The Labute approximate surface area is 306 Å². The fourth-order valence-electron chi connectivity index (χ4n) is 7.05. The second kappa shape index (κ2) is 13.0. The standard InChI is InChI=1S/C46H29Cl2N3/c47-35-18-14-31(15-19-35)45-39-24-22-37(49-39)43(29-8-3-1-4-9-29)33-12-7-13-34(28-33)44(30-10-5-2-6-11-30)38-23-25-40(50-38)46(42-27-26-41(45)51-42)32-16-20-36(48)21-17-32/h1-28,51H. The van der Waals surface area contributed by atoms with Gasteiger partial charge >= 0.3 is 0 Å². The molecule has 3 aliphatic heterocycles. The summed E-state index contributed by atoms with van der Waals surface area (Å²) < 4.78 is 0. The average molecular weight is 695 g/mol. The molecule has 9 rings (SSSR count). The van der Waals surface area contributed by atoms with Gasteiger partial charge in [0.2, 0.25) is 0 Å². The number of hydrogen-bond acceptors (Lipinski definition) is 2. The Morgan fingerprint density at radius 2 is 0.745 bits per heavy atom. The highest BCUT2D eigenvalue weighted by Crippen LogP contribution is 2.37. The molecule has 6 aromatic rings. The summed E-state index contributed by atoms with van der Waals surface area (Å²) in [5, 5.41) is 3.22. The lowest BCUT2D eigenvalue weighted by atomic mass is 9.90. The molecule has 5 heteroatoms. The maximum absolute atomic E-state index is 6.38. The van der Waals surface area contributed by atoms with Gasteiger partial charge in [0, 0.05) is 43.0 Å². The number of hydrogen-bond donors (Lipinski definition) is 1. The van der Waals surface area contributed by atoms with E-state index in [1.54, 1.807) is 0 Å². The summed E-state index contributed by atoms with van der Waals surface area (Å²) in [6, 6.07) is 49.9. The molecule has 5 aromatic carbocycles. The lowest BCUT2D eigenvalue weighted by Gasteiger charge is -2.15. The zero-order valence-corrected chi connectivity index (χ0v) is 28.8. The van der Waals surface area contributed by atoms with E-state index in [0.29, 0.717) is 10.0 Å². The topological polar surface area (TPSA) is 40.5 Å². The van der Waals surface area contributed by atoms with Crippen LogP contribution in [-0.4, -0.2) is 16.4 Å². The Hall–Kier alpha value is -6.00. The van der Waals surface area contributed by atoms with E-state index >= 15 is 0 Å². The van der Waals surface area contributed by atoms with Gasteiger partial charge in [-0.2, -0.15) is 0 Å². The molecular formula is C46H29Cl2N3. The van der Waals surface area contributed by atoms with Gasteiger partial charge in [0.1, 0.15) is 0 Å². The lowest BCUT2D eigenvalue weighted by Crippen LogP contribution is -2.21. The van der Waals surface area contributed by atoms with Crippen molar-refractivity contribution in [2.24, 2.45) is 9.98 Å². The minimum Gasteiger partial charge on any atom is -0.354 e. The highest BCUT2D eigenvalue weighted by Gasteiger charge is 2.22. The van der Waals surface area contributed by atoms with Crippen LogP contribution in [0.4, 0.5) is 0 Å². The van der Waals surface area contributed by atoms with E-state index in [-0.39, 0.29) is 0 Å². The van der Waals surface area contributed by atoms with Gasteiger partial charge in [-0.25, -0.2) is 9.98 Å². The highest BCUT2D eigenvalue weighted by atomic mass is 35.5. The summed E-state index contributed by atoms with van der Waals surface area (Å²) in [5.41, 5.74) is 13.9. The van der Waals surface area contributed by atoms with E-state index in [1.165, 1.54) is 0 Å². The summed E-state index contributed by atoms with van der Waals surface area (Å²) in [6.45, 7) is 0. The largest absolute Gasteiger partial charge is 0.354 e. The molecule has 51 heavy (non-hydrogen) atoms. The van der Waals surface area contributed by atoms with E-state index in [1.807, 2.05) is 60.7 Å². The minimum absolute atomic E-state index is 0.679. The van der Waals surface area contributed by atoms with Crippen LogP contribution in [0.2, 0.25) is 10.0 Å². The first-order valence-electron chi connectivity index (χ1n) is 16.8. The smallest absolute Gasteiger partial charge is 0.0737 e. The Balaban J connectivity index is 1.43. The SMILES string of the molecule is Clc1ccc(C2=c3ccc([nH]3)=C(c3ccc(Cl)cc3)C3=NC(=C(c4ccccc4)c4cccc(c4)C(c4ccccc4)=C4C=CC2=N4)C=C3)cc1. The molecule has 0 unspecified atom stereocenters. The van der Waals surface area contributed by atoms with Gasteiger partial charge in [0.15, 0.2) is 0 Å². The predicted molar refractivity (Wildman–Crippen MR) is 212 cm³/mol. The van der Waals surface area contributed by atoms with Gasteiger partial charge in [-0.3, -0.25) is 0 Å². The van der Waals surface area contributed by atoms with Gasteiger partial charge in [0.05, 0.1) is 22.8 Å². The molecule has 1 N–H and O–H groups in total. The van der Waals surface area contributed by atoms with Crippen LogP contribution < -0.4 is 10.7 Å². The van der Waals surface area contributed by atoms with E-state index in [0.717, 1.165) is 89.2 Å². The van der Waals surface area contributed by atoms with Crippen molar-refractivity contribution in [2.45, 2.75) is 0 Å². The molecule has 0 saturated carbocycles. The van der Waals surface area contributed by atoms with Crippen LogP contribution in [0.5, 0.6) is 0 Å². The first-order chi connectivity index (χ1) is 25.1. The van der Waals surface area contributed by atoms with Crippen LogP contribution in [0.15, 0.2) is 191 Å². The molecule has 8 bridgehead atoms. The number of benzene rings is 5. The molecule has 0 atom stereocenters. The first kappa shape index (κ1) is 31.0. The van der Waals surface area contributed by atoms with Crippen LogP contribution in [0.25, 0.3) is 22.3 Å². The molecule has 3 nitrogen and oxygen atoms in total. The Kier molecular flexibility index (Phi) is 7.93. The van der Waals surface area contributed by atoms with Gasteiger partial charge in [0.25, 0.3) is 0 Å². The summed E-state index contributed by atoms with van der Waals surface area (Å²) in [7, 11) is 0. The van der Waals surface area contributed by atoms with Crippen LogP contribution in [-0.2, 0) is 0 Å². The summed E-state index contributed by atoms with van der Waals surface area (Å²) in [5.74, 6) is 0. The Morgan fingerprint density at radius 3 is 1.18 bits per heavy atom. The number of halogens is 2. The molecular weight excluding hydrogens is 665 g/mol. The number of rotatable bonds is 4. The van der Waals surface area contributed by atoms with Gasteiger partial charge in [-0.05, 0) is 100 Å². The van der Waals surface area contributed by atoms with Crippen molar-refractivity contribution in [1.82, 2.24) is 4.98 Å². The number of aromatic nitrogens is 1. The van der Waals surface area contributed by atoms with Crippen molar-refractivity contribution >= 4 is 56.9 Å². The number of aromatic amines is 1. The fourth-order valence-corrected chi connectivity index (χ4v) is 7.30. The maximum atomic E-state index is 6.38. The van der Waals surface area contributed by atoms with Crippen LogP contribution in [0, 0.1) is 0 Å². The molecule has 242 valence electrons. The number of allylic oxidation sites excluding steroid dienone is 4. The number of aliphatic imine (C=N–C) groups is 2. The highest BCUT2D eigenvalue weighted by molar-refractivity contribution is 6.33. The fraction of sp³-hybridized carbons (Fsp3) is 0. The lowest BCUT2D eigenvalue weighted by molar-refractivity contribution is 1.25. The van der Waals surface area contributed by atoms with Gasteiger partial charge in [-0.15, -0.1) is 0 Å². The van der Waals surface area contributed by atoms with Crippen LogP contribution in [0.3, 0.4) is 0 Å². The zero-order valence-electron chi connectivity index (χ0n) is 27.3. The monoisotopic (exact) mass is 693 g/mol. The molecule has 3 aliphatic rings. The van der Waals surface area contributed by atoms with Crippen LogP contribution in [0.1, 0.15) is 33.4 Å². The molecule has 1 aromatic heterocycles. The second-order valence-electron chi connectivity index (χ2n) is 12.5. The quantitative estimate of drug-likeness (QED) is 0.191. The van der Waals surface area contributed by atoms with Crippen molar-refractivity contribution in [1.29, 1.82) is 0 Å². The molecule has 0 aliphatic carbocycles. The summed E-state index contributed by atoms with van der Waals surface area (Å²) in [4.78, 5) is 14.5. The third-order valence-electron chi connectivity index (χ3n) is 9.36.